The summed E-state index contributed by atoms with van der Waals surface area (Å²) in [6.07, 6.45) is 0. The molecule has 1 unspecified atom stereocenters. The van der Waals surface area contributed by atoms with Gasteiger partial charge in [-0.25, -0.2) is 9.18 Å². The lowest BCUT2D eigenvalue weighted by Gasteiger charge is -2.14. The van der Waals surface area contributed by atoms with Crippen molar-refractivity contribution in [1.82, 2.24) is 0 Å². The first kappa shape index (κ1) is 14.7. The molecule has 0 saturated heterocycles. The van der Waals surface area contributed by atoms with E-state index in [-0.39, 0.29) is 11.3 Å². The van der Waals surface area contributed by atoms with Crippen molar-refractivity contribution in [1.29, 1.82) is 0 Å². The number of carboxylic acid groups (broad SMARTS) is 1. The highest BCUT2D eigenvalue weighted by molar-refractivity contribution is 6.02. The molecule has 2 aromatic carbocycles. The van der Waals surface area contributed by atoms with Crippen LogP contribution in [-0.2, 0) is 4.79 Å². The van der Waals surface area contributed by atoms with Crippen LogP contribution < -0.4 is 5.32 Å². The maximum absolute atomic E-state index is 13.8. The molecule has 0 heterocycles. The van der Waals surface area contributed by atoms with Crippen molar-refractivity contribution in [3.05, 3.63) is 65.5 Å². The van der Waals surface area contributed by atoms with E-state index in [9.17, 15) is 14.0 Å². The maximum Gasteiger partial charge on any atom is 0.337 e. The highest BCUT2D eigenvalue weighted by Gasteiger charge is 2.20. The molecule has 0 aliphatic heterocycles. The third-order valence-electron chi connectivity index (χ3n) is 3.19. The van der Waals surface area contributed by atoms with E-state index >= 15 is 0 Å². The average Bonchev–Trinajstić information content (AvgIpc) is 2.49. The molecule has 5 heteroatoms. The Kier molecular flexibility index (Phi) is 4.33. The lowest BCUT2D eigenvalue weighted by Crippen LogP contribution is -2.21. The van der Waals surface area contributed by atoms with Gasteiger partial charge in [-0.3, -0.25) is 4.79 Å². The number of carbonyl (C=O) groups is 2. The Bertz CT molecular complexity index is 670. The van der Waals surface area contributed by atoms with Gasteiger partial charge in [0.25, 0.3) is 0 Å². The van der Waals surface area contributed by atoms with E-state index in [0.717, 1.165) is 11.6 Å². The van der Waals surface area contributed by atoms with Crippen LogP contribution in [0.2, 0.25) is 0 Å². The average molecular weight is 287 g/mol. The molecule has 2 N–H and O–H groups in total. The van der Waals surface area contributed by atoms with Gasteiger partial charge in [0.1, 0.15) is 5.82 Å². The fourth-order valence-electron chi connectivity index (χ4n) is 1.95. The van der Waals surface area contributed by atoms with Crippen LogP contribution in [0.3, 0.4) is 0 Å². The molecule has 0 aliphatic carbocycles. The standard InChI is InChI=1S/C16H14FNO3/c1-10(11-6-3-2-4-7-11)15(19)18-14-12(16(20)21)8-5-9-13(14)17/h2-10H,1H3,(H,18,19)(H,20,21). The van der Waals surface area contributed by atoms with E-state index in [2.05, 4.69) is 5.32 Å². The van der Waals surface area contributed by atoms with Crippen LogP contribution in [0.15, 0.2) is 48.5 Å². The van der Waals surface area contributed by atoms with Crippen LogP contribution in [0.1, 0.15) is 28.8 Å². The quantitative estimate of drug-likeness (QED) is 0.907. The van der Waals surface area contributed by atoms with E-state index in [4.69, 9.17) is 5.11 Å². The molecule has 4 nitrogen and oxygen atoms in total. The lowest BCUT2D eigenvalue weighted by molar-refractivity contribution is -0.117. The smallest absolute Gasteiger partial charge is 0.337 e. The van der Waals surface area contributed by atoms with Crippen molar-refractivity contribution in [3.8, 4) is 0 Å². The number of carbonyl (C=O) groups excluding carboxylic acids is 1. The molecule has 0 bridgehead atoms. The molecular weight excluding hydrogens is 273 g/mol. The largest absolute Gasteiger partial charge is 0.478 e. The molecule has 0 aromatic heterocycles. The number of rotatable bonds is 4. The Balaban J connectivity index is 2.26. The van der Waals surface area contributed by atoms with E-state index in [1.807, 2.05) is 6.07 Å². The Hall–Kier alpha value is -2.69. The molecule has 21 heavy (non-hydrogen) atoms. The molecule has 0 aliphatic rings. The van der Waals surface area contributed by atoms with Gasteiger partial charge in [0.2, 0.25) is 5.91 Å². The first-order valence-electron chi connectivity index (χ1n) is 6.38. The fraction of sp³-hybridized carbons (Fsp3) is 0.125. The minimum atomic E-state index is -1.29. The molecule has 1 amide bonds. The summed E-state index contributed by atoms with van der Waals surface area (Å²) in [5.74, 6) is -3.05. The second-order valence-corrected chi connectivity index (χ2v) is 4.59. The number of nitrogens with one attached hydrogen (secondary N) is 1. The Labute approximate surface area is 121 Å². The lowest BCUT2D eigenvalue weighted by atomic mass is 10.00. The second-order valence-electron chi connectivity index (χ2n) is 4.59. The molecule has 0 spiro atoms. The van der Waals surface area contributed by atoms with E-state index < -0.39 is 23.6 Å². The van der Waals surface area contributed by atoms with E-state index in [1.165, 1.54) is 12.1 Å². The number of aromatic carboxylic acids is 1. The number of carboxylic acids is 1. The highest BCUT2D eigenvalue weighted by atomic mass is 19.1. The molecule has 2 rings (SSSR count). The third kappa shape index (κ3) is 3.25. The van der Waals surface area contributed by atoms with Gasteiger partial charge in [-0.15, -0.1) is 0 Å². The van der Waals surface area contributed by atoms with Crippen molar-refractivity contribution >= 4 is 17.6 Å². The van der Waals surface area contributed by atoms with Crippen molar-refractivity contribution < 1.29 is 19.1 Å². The van der Waals surface area contributed by atoms with Gasteiger partial charge >= 0.3 is 5.97 Å². The Morgan fingerprint density at radius 3 is 2.38 bits per heavy atom. The number of hydrogen-bond donors (Lipinski definition) is 2. The summed E-state index contributed by atoms with van der Waals surface area (Å²) in [5.41, 5.74) is 0.185. The van der Waals surface area contributed by atoms with Crippen LogP contribution in [0.5, 0.6) is 0 Å². The highest BCUT2D eigenvalue weighted by Crippen LogP contribution is 2.23. The number of amides is 1. The van der Waals surface area contributed by atoms with Gasteiger partial charge in [-0.1, -0.05) is 36.4 Å². The summed E-state index contributed by atoms with van der Waals surface area (Å²) in [4.78, 5) is 23.2. The van der Waals surface area contributed by atoms with Crippen molar-refractivity contribution in [3.63, 3.8) is 0 Å². The van der Waals surface area contributed by atoms with E-state index in [1.54, 1.807) is 31.2 Å². The second kappa shape index (κ2) is 6.17. The Morgan fingerprint density at radius 1 is 1.10 bits per heavy atom. The topological polar surface area (TPSA) is 66.4 Å². The van der Waals surface area contributed by atoms with Crippen molar-refractivity contribution in [2.45, 2.75) is 12.8 Å². The number of halogens is 1. The predicted molar refractivity (Wildman–Crippen MR) is 76.8 cm³/mol. The molecule has 108 valence electrons. The van der Waals surface area contributed by atoms with Gasteiger partial charge in [0.05, 0.1) is 17.2 Å². The summed E-state index contributed by atoms with van der Waals surface area (Å²) in [5, 5.41) is 11.4. The molecule has 0 saturated carbocycles. The summed E-state index contributed by atoms with van der Waals surface area (Å²) in [6.45, 7) is 1.67. The van der Waals surface area contributed by atoms with Crippen molar-refractivity contribution in [2.75, 3.05) is 5.32 Å². The third-order valence-corrected chi connectivity index (χ3v) is 3.19. The van der Waals surface area contributed by atoms with Gasteiger partial charge in [0.15, 0.2) is 0 Å². The summed E-state index contributed by atoms with van der Waals surface area (Å²) < 4.78 is 13.8. The minimum absolute atomic E-state index is 0.274. The van der Waals surface area contributed by atoms with Crippen LogP contribution in [0.25, 0.3) is 0 Å². The minimum Gasteiger partial charge on any atom is -0.478 e. The summed E-state index contributed by atoms with van der Waals surface area (Å²) >= 11 is 0. The normalized spacial score (nSPS) is 11.7. The zero-order valence-electron chi connectivity index (χ0n) is 11.3. The molecule has 2 aromatic rings. The zero-order chi connectivity index (χ0) is 15.4. The van der Waals surface area contributed by atoms with Gasteiger partial charge in [-0.05, 0) is 24.6 Å². The maximum atomic E-state index is 13.8. The number of hydrogen-bond acceptors (Lipinski definition) is 2. The molecular formula is C16H14FNO3. The SMILES string of the molecule is CC(C(=O)Nc1c(F)cccc1C(=O)O)c1ccccc1. The monoisotopic (exact) mass is 287 g/mol. The zero-order valence-corrected chi connectivity index (χ0v) is 11.3. The van der Waals surface area contributed by atoms with Gasteiger partial charge in [-0.2, -0.15) is 0 Å². The number of anilines is 1. The van der Waals surface area contributed by atoms with Crippen LogP contribution in [-0.4, -0.2) is 17.0 Å². The molecule has 0 radical (unpaired) electrons. The molecule has 1 atom stereocenters. The van der Waals surface area contributed by atoms with E-state index in [0.29, 0.717) is 0 Å². The molecule has 0 fully saturated rings. The predicted octanol–water partition coefficient (Wildman–Crippen LogP) is 3.27. The number of para-hydroxylation sites is 1. The van der Waals surface area contributed by atoms with Crippen LogP contribution >= 0.6 is 0 Å². The van der Waals surface area contributed by atoms with Gasteiger partial charge in [0, 0.05) is 0 Å². The summed E-state index contributed by atoms with van der Waals surface area (Å²) in [6, 6.07) is 12.6. The van der Waals surface area contributed by atoms with Crippen LogP contribution in [0.4, 0.5) is 10.1 Å². The Morgan fingerprint density at radius 2 is 1.76 bits per heavy atom. The first-order valence-corrected chi connectivity index (χ1v) is 6.38. The van der Waals surface area contributed by atoms with Gasteiger partial charge < -0.3 is 10.4 Å². The number of benzene rings is 2. The van der Waals surface area contributed by atoms with Crippen LogP contribution in [0, 0.1) is 5.82 Å². The first-order chi connectivity index (χ1) is 10.0. The fourth-order valence-corrected chi connectivity index (χ4v) is 1.95. The van der Waals surface area contributed by atoms with Crippen molar-refractivity contribution in [2.24, 2.45) is 0 Å². The summed E-state index contributed by atoms with van der Waals surface area (Å²) in [7, 11) is 0.